The van der Waals surface area contributed by atoms with Crippen LogP contribution in [0.2, 0.25) is 0 Å². The summed E-state index contributed by atoms with van der Waals surface area (Å²) >= 11 is 0. The van der Waals surface area contributed by atoms with Crippen molar-refractivity contribution < 1.29 is 19.1 Å². The fourth-order valence-corrected chi connectivity index (χ4v) is 2.44. The summed E-state index contributed by atoms with van der Waals surface area (Å²) in [4.78, 5) is 36.2. The fraction of sp³-hybridized carbons (Fsp3) is 0.471. The maximum atomic E-state index is 11.9. The average Bonchev–Trinajstić information content (AvgIpc) is 2.55. The Morgan fingerprint density at radius 1 is 1.22 bits per heavy atom. The second-order valence-corrected chi connectivity index (χ2v) is 5.52. The van der Waals surface area contributed by atoms with Crippen molar-refractivity contribution in [3.63, 3.8) is 0 Å². The quantitative estimate of drug-likeness (QED) is 0.642. The van der Waals surface area contributed by atoms with E-state index in [0.29, 0.717) is 24.9 Å². The summed E-state index contributed by atoms with van der Waals surface area (Å²) in [6, 6.07) is 6.90. The molecule has 0 unspecified atom stereocenters. The van der Waals surface area contributed by atoms with Gasteiger partial charge in [-0.15, -0.1) is 0 Å². The summed E-state index contributed by atoms with van der Waals surface area (Å²) in [5.41, 5.74) is 1.27. The number of amides is 2. The molecule has 1 N–H and O–H groups in total. The number of hydrogen-bond donors (Lipinski definition) is 1. The van der Waals surface area contributed by atoms with Crippen LogP contribution >= 0.6 is 0 Å². The van der Waals surface area contributed by atoms with E-state index in [-0.39, 0.29) is 18.4 Å². The van der Waals surface area contributed by atoms with Crippen LogP contribution in [0.15, 0.2) is 24.3 Å². The van der Waals surface area contributed by atoms with Crippen molar-refractivity contribution >= 4 is 23.5 Å². The molecule has 1 heterocycles. The number of ether oxygens (including phenoxy) is 1. The predicted molar refractivity (Wildman–Crippen MR) is 86.2 cm³/mol. The summed E-state index contributed by atoms with van der Waals surface area (Å²) in [7, 11) is 0. The van der Waals surface area contributed by atoms with Crippen LogP contribution in [0, 0.1) is 0 Å². The molecule has 1 aromatic carbocycles. The number of nitrogens with zero attached hydrogens (tertiary/aromatic N) is 1. The zero-order chi connectivity index (χ0) is 16.7. The molecule has 6 heteroatoms. The molecule has 23 heavy (non-hydrogen) atoms. The molecule has 1 aromatic rings. The number of carbonyl (C=O) groups is 3. The number of piperidine rings is 1. The molecule has 0 aliphatic carbocycles. The highest BCUT2D eigenvalue weighted by molar-refractivity contribution is 5.95. The molecule has 1 aliphatic heterocycles. The Morgan fingerprint density at radius 3 is 2.61 bits per heavy atom. The van der Waals surface area contributed by atoms with Crippen LogP contribution in [0.3, 0.4) is 0 Å². The lowest BCUT2D eigenvalue weighted by atomic mass is 10.1. The van der Waals surface area contributed by atoms with Crippen molar-refractivity contribution in [2.75, 3.05) is 24.6 Å². The SMILES string of the molecule is CC(=O)NCCCOC(=O)c1ccc(N2CCCCC2=O)cc1. The van der Waals surface area contributed by atoms with Crippen molar-refractivity contribution in [3.05, 3.63) is 29.8 Å². The van der Waals surface area contributed by atoms with Crippen LogP contribution in [-0.2, 0) is 14.3 Å². The molecule has 6 nitrogen and oxygen atoms in total. The Kier molecular flexibility index (Phi) is 6.14. The average molecular weight is 318 g/mol. The van der Waals surface area contributed by atoms with E-state index < -0.39 is 5.97 Å². The van der Waals surface area contributed by atoms with Crippen molar-refractivity contribution in [2.24, 2.45) is 0 Å². The van der Waals surface area contributed by atoms with Gasteiger partial charge < -0.3 is 15.0 Å². The first kappa shape index (κ1) is 17.0. The van der Waals surface area contributed by atoms with E-state index in [9.17, 15) is 14.4 Å². The standard InChI is InChI=1S/C17H22N2O4/c1-13(20)18-10-4-12-23-17(22)14-6-8-15(9-7-14)19-11-3-2-5-16(19)21/h6-9H,2-5,10-12H2,1H3,(H,18,20). The molecular formula is C17H22N2O4. The lowest BCUT2D eigenvalue weighted by Gasteiger charge is -2.26. The maximum absolute atomic E-state index is 11.9. The predicted octanol–water partition coefficient (Wildman–Crippen LogP) is 1.89. The summed E-state index contributed by atoms with van der Waals surface area (Å²) in [6.07, 6.45) is 3.10. The van der Waals surface area contributed by atoms with Gasteiger partial charge in [-0.1, -0.05) is 0 Å². The Balaban J connectivity index is 1.82. The minimum absolute atomic E-state index is 0.0980. The zero-order valence-corrected chi connectivity index (χ0v) is 13.3. The molecule has 0 aromatic heterocycles. The number of hydrogen-bond acceptors (Lipinski definition) is 4. The molecule has 0 radical (unpaired) electrons. The molecule has 2 rings (SSSR count). The highest BCUT2D eigenvalue weighted by Gasteiger charge is 2.19. The summed E-state index contributed by atoms with van der Waals surface area (Å²) in [5, 5.41) is 2.64. The van der Waals surface area contributed by atoms with Crippen LogP contribution in [0.1, 0.15) is 43.0 Å². The van der Waals surface area contributed by atoms with Gasteiger partial charge in [-0.05, 0) is 43.5 Å². The van der Waals surface area contributed by atoms with E-state index in [2.05, 4.69) is 5.32 Å². The van der Waals surface area contributed by atoms with Crippen molar-refractivity contribution in [2.45, 2.75) is 32.6 Å². The van der Waals surface area contributed by atoms with Gasteiger partial charge in [0, 0.05) is 32.1 Å². The smallest absolute Gasteiger partial charge is 0.338 e. The first-order chi connectivity index (χ1) is 11.1. The first-order valence-corrected chi connectivity index (χ1v) is 7.90. The Bertz CT molecular complexity index is 568. The lowest BCUT2D eigenvalue weighted by Crippen LogP contribution is -2.35. The van der Waals surface area contributed by atoms with Gasteiger partial charge in [0.1, 0.15) is 0 Å². The normalized spacial score (nSPS) is 14.5. The third kappa shape index (κ3) is 5.09. The van der Waals surface area contributed by atoms with Crippen LogP contribution < -0.4 is 10.2 Å². The first-order valence-electron chi connectivity index (χ1n) is 7.90. The fourth-order valence-electron chi connectivity index (χ4n) is 2.44. The molecule has 0 spiro atoms. The molecule has 1 fully saturated rings. The Morgan fingerprint density at radius 2 is 1.96 bits per heavy atom. The molecule has 124 valence electrons. The maximum Gasteiger partial charge on any atom is 0.338 e. The Hall–Kier alpha value is -2.37. The number of rotatable bonds is 6. The second kappa shape index (κ2) is 8.31. The van der Waals surface area contributed by atoms with Crippen molar-refractivity contribution in [1.29, 1.82) is 0 Å². The number of benzene rings is 1. The van der Waals surface area contributed by atoms with E-state index in [1.165, 1.54) is 6.92 Å². The molecule has 0 atom stereocenters. The third-order valence-corrected chi connectivity index (χ3v) is 3.67. The molecule has 0 bridgehead atoms. The zero-order valence-electron chi connectivity index (χ0n) is 13.3. The molecule has 2 amide bonds. The van der Waals surface area contributed by atoms with Gasteiger partial charge in [0.15, 0.2) is 0 Å². The number of anilines is 1. The van der Waals surface area contributed by atoms with Crippen LogP contribution in [0.4, 0.5) is 5.69 Å². The van der Waals surface area contributed by atoms with E-state index in [0.717, 1.165) is 25.1 Å². The number of esters is 1. The molecule has 1 aliphatic rings. The minimum Gasteiger partial charge on any atom is -0.462 e. The third-order valence-electron chi connectivity index (χ3n) is 3.67. The van der Waals surface area contributed by atoms with Gasteiger partial charge in [0.25, 0.3) is 0 Å². The number of carbonyl (C=O) groups excluding carboxylic acids is 3. The second-order valence-electron chi connectivity index (χ2n) is 5.52. The van der Waals surface area contributed by atoms with Crippen LogP contribution in [0.5, 0.6) is 0 Å². The summed E-state index contributed by atoms with van der Waals surface area (Å²) < 4.78 is 5.15. The monoisotopic (exact) mass is 318 g/mol. The van der Waals surface area contributed by atoms with Crippen molar-refractivity contribution in [3.8, 4) is 0 Å². The Labute approximate surface area is 135 Å². The van der Waals surface area contributed by atoms with Crippen LogP contribution in [0.25, 0.3) is 0 Å². The van der Waals surface area contributed by atoms with Crippen molar-refractivity contribution in [1.82, 2.24) is 5.32 Å². The topological polar surface area (TPSA) is 75.7 Å². The van der Waals surface area contributed by atoms with Gasteiger partial charge in [-0.25, -0.2) is 4.79 Å². The van der Waals surface area contributed by atoms with Gasteiger partial charge in [0.05, 0.1) is 12.2 Å². The van der Waals surface area contributed by atoms with Gasteiger partial charge in [-0.3, -0.25) is 9.59 Å². The molecular weight excluding hydrogens is 296 g/mol. The lowest BCUT2D eigenvalue weighted by molar-refractivity contribution is -0.120. The summed E-state index contributed by atoms with van der Waals surface area (Å²) in [6.45, 7) is 2.91. The largest absolute Gasteiger partial charge is 0.462 e. The van der Waals surface area contributed by atoms with E-state index in [4.69, 9.17) is 4.74 Å². The highest BCUT2D eigenvalue weighted by Crippen LogP contribution is 2.21. The number of nitrogens with one attached hydrogen (secondary N) is 1. The minimum atomic E-state index is -0.399. The van der Waals surface area contributed by atoms with Gasteiger partial charge in [-0.2, -0.15) is 0 Å². The van der Waals surface area contributed by atoms with Gasteiger partial charge in [0.2, 0.25) is 11.8 Å². The van der Waals surface area contributed by atoms with Gasteiger partial charge >= 0.3 is 5.97 Å². The van der Waals surface area contributed by atoms with E-state index >= 15 is 0 Å². The van der Waals surface area contributed by atoms with E-state index in [1.807, 2.05) is 0 Å². The molecule has 0 saturated carbocycles. The highest BCUT2D eigenvalue weighted by atomic mass is 16.5. The van der Waals surface area contributed by atoms with Crippen LogP contribution in [-0.4, -0.2) is 37.5 Å². The van der Waals surface area contributed by atoms with E-state index in [1.54, 1.807) is 29.2 Å². The molecule has 1 saturated heterocycles. The summed E-state index contributed by atoms with van der Waals surface area (Å²) in [5.74, 6) is -0.368.